The van der Waals surface area contributed by atoms with Gasteiger partial charge in [0.25, 0.3) is 11.8 Å². The summed E-state index contributed by atoms with van der Waals surface area (Å²) in [6.07, 6.45) is 7.18. The maximum atomic E-state index is 12.5. The van der Waals surface area contributed by atoms with Gasteiger partial charge in [-0.1, -0.05) is 24.3 Å². The Balaban J connectivity index is 4.96. The lowest BCUT2D eigenvalue weighted by Gasteiger charge is -2.26. The molecule has 0 saturated carbocycles. The Kier molecular flexibility index (Phi) is 13.0. The fourth-order valence-electron chi connectivity index (χ4n) is 2.40. The van der Waals surface area contributed by atoms with Crippen LogP contribution in [0.5, 0.6) is 0 Å². The molecule has 6 heteroatoms. The minimum Gasteiger partial charge on any atom is -0.396 e. The number of hydrogen-bond donors (Lipinski definition) is 2. The first-order valence-electron chi connectivity index (χ1n) is 8.47. The molecule has 0 aliphatic heterocycles. The average molecular weight is 350 g/mol. The summed E-state index contributed by atoms with van der Waals surface area (Å²) in [6.45, 7) is 17.3. The molecule has 0 aromatic carbocycles. The quantitative estimate of drug-likeness (QED) is 0.397. The molecule has 0 spiro atoms. The van der Waals surface area contributed by atoms with Gasteiger partial charge in [-0.15, -0.1) is 26.3 Å². The van der Waals surface area contributed by atoms with E-state index in [0.29, 0.717) is 39.1 Å². The maximum Gasteiger partial charge on any atom is 0.278 e. The van der Waals surface area contributed by atoms with Crippen molar-refractivity contribution in [1.82, 2.24) is 9.80 Å². The molecule has 0 unspecified atom stereocenters. The van der Waals surface area contributed by atoms with Crippen LogP contribution in [-0.4, -0.2) is 79.1 Å². The van der Waals surface area contributed by atoms with Crippen molar-refractivity contribution in [1.29, 1.82) is 0 Å². The third kappa shape index (κ3) is 9.64. The van der Waals surface area contributed by atoms with Gasteiger partial charge in [-0.2, -0.15) is 0 Å². The van der Waals surface area contributed by atoms with E-state index in [1.54, 1.807) is 34.1 Å². The van der Waals surface area contributed by atoms with Gasteiger partial charge in [0.2, 0.25) is 0 Å². The normalized spacial score (nSPS) is 10.2. The molecule has 6 nitrogen and oxygen atoms in total. The fraction of sp³-hybridized carbons (Fsp3) is 0.474. The molecule has 2 N–H and O–H groups in total. The molecule has 0 fully saturated rings. The molecule has 0 aliphatic rings. The monoisotopic (exact) mass is 350 g/mol. The lowest BCUT2D eigenvalue weighted by molar-refractivity contribution is -0.884. The topological polar surface area (TPSA) is 65.3 Å². The molecule has 0 saturated heterocycles. The molecular formula is C19H32N3O3+. The van der Waals surface area contributed by atoms with Crippen LogP contribution in [0.25, 0.3) is 0 Å². The molecule has 0 bridgehead atoms. The molecule has 0 aromatic rings. The van der Waals surface area contributed by atoms with Gasteiger partial charge >= 0.3 is 0 Å². The van der Waals surface area contributed by atoms with Crippen molar-refractivity contribution < 1.29 is 19.6 Å². The molecule has 0 radical (unpaired) electrons. The first-order valence-corrected chi connectivity index (χ1v) is 8.47. The number of hydrogen-bond acceptors (Lipinski definition) is 3. The summed E-state index contributed by atoms with van der Waals surface area (Å²) < 4.78 is 0. The van der Waals surface area contributed by atoms with Crippen molar-refractivity contribution >= 4 is 11.8 Å². The maximum absolute atomic E-state index is 12.5. The smallest absolute Gasteiger partial charge is 0.278 e. The summed E-state index contributed by atoms with van der Waals surface area (Å²) in [7, 11) is 0. The number of quaternary nitrogens is 1. The van der Waals surface area contributed by atoms with Gasteiger partial charge in [0.05, 0.1) is 6.54 Å². The molecule has 140 valence electrons. The summed E-state index contributed by atoms with van der Waals surface area (Å²) >= 11 is 0. The summed E-state index contributed by atoms with van der Waals surface area (Å²) in [4.78, 5) is 29.1. The summed E-state index contributed by atoms with van der Waals surface area (Å²) in [5, 5.41) is 9.08. The zero-order chi connectivity index (χ0) is 19.1. The van der Waals surface area contributed by atoms with E-state index in [2.05, 4.69) is 26.3 Å². The van der Waals surface area contributed by atoms with E-state index in [1.165, 1.54) is 0 Å². The first-order chi connectivity index (χ1) is 12.0. The van der Waals surface area contributed by atoms with Crippen LogP contribution < -0.4 is 4.90 Å². The van der Waals surface area contributed by atoms with Crippen LogP contribution in [0.3, 0.4) is 0 Å². The Bertz CT molecular complexity index is 405. The van der Waals surface area contributed by atoms with E-state index < -0.39 is 0 Å². The highest BCUT2D eigenvalue weighted by Gasteiger charge is 2.23. The molecule has 0 heterocycles. The number of amides is 2. The van der Waals surface area contributed by atoms with E-state index in [9.17, 15) is 9.59 Å². The largest absolute Gasteiger partial charge is 0.396 e. The lowest BCUT2D eigenvalue weighted by atomic mass is 10.3. The zero-order valence-electron chi connectivity index (χ0n) is 15.2. The number of carbonyl (C=O) groups excluding carboxylic acids is 2. The van der Waals surface area contributed by atoms with Crippen LogP contribution in [0.15, 0.2) is 50.6 Å². The average Bonchev–Trinajstić information content (AvgIpc) is 2.59. The predicted octanol–water partition coefficient (Wildman–Crippen LogP) is -0.345. The molecule has 0 aromatic heterocycles. The van der Waals surface area contributed by atoms with E-state index in [4.69, 9.17) is 5.11 Å². The van der Waals surface area contributed by atoms with Crippen LogP contribution in [0.1, 0.15) is 6.42 Å². The lowest BCUT2D eigenvalue weighted by Crippen LogP contribution is -3.14. The molecule has 0 aliphatic carbocycles. The summed E-state index contributed by atoms with van der Waals surface area (Å²) in [5.74, 6) is -0.140. The van der Waals surface area contributed by atoms with Crippen molar-refractivity contribution in [2.75, 3.05) is 52.4 Å². The van der Waals surface area contributed by atoms with E-state index in [-0.39, 0.29) is 31.5 Å². The Labute approximate surface area is 151 Å². The molecule has 25 heavy (non-hydrogen) atoms. The van der Waals surface area contributed by atoms with Crippen molar-refractivity contribution in [3.05, 3.63) is 50.6 Å². The molecule has 0 rings (SSSR count). The van der Waals surface area contributed by atoms with E-state index in [1.807, 2.05) is 0 Å². The van der Waals surface area contributed by atoms with Gasteiger partial charge in [-0.3, -0.25) is 9.59 Å². The van der Waals surface area contributed by atoms with Crippen LogP contribution in [0.4, 0.5) is 0 Å². The van der Waals surface area contributed by atoms with Crippen molar-refractivity contribution in [3.8, 4) is 0 Å². The minimum atomic E-state index is -0.0699. The van der Waals surface area contributed by atoms with Gasteiger partial charge in [-0.25, -0.2) is 0 Å². The van der Waals surface area contributed by atoms with Gasteiger partial charge in [0.15, 0.2) is 13.1 Å². The number of aliphatic hydroxyl groups excluding tert-OH is 1. The number of nitrogens with one attached hydrogen (secondary N) is 1. The van der Waals surface area contributed by atoms with Crippen molar-refractivity contribution in [2.45, 2.75) is 6.42 Å². The van der Waals surface area contributed by atoms with Crippen LogP contribution >= 0.6 is 0 Å². The second-order valence-corrected chi connectivity index (χ2v) is 5.68. The van der Waals surface area contributed by atoms with Crippen LogP contribution in [-0.2, 0) is 9.59 Å². The Hall–Kier alpha value is -2.18. The number of carbonyl (C=O) groups is 2. The zero-order valence-corrected chi connectivity index (χ0v) is 15.2. The molecule has 2 amide bonds. The number of nitrogens with zero attached hydrogens (tertiary/aromatic N) is 2. The predicted molar refractivity (Wildman–Crippen MR) is 101 cm³/mol. The van der Waals surface area contributed by atoms with Gasteiger partial charge < -0.3 is 19.8 Å². The number of aliphatic hydroxyl groups is 1. The highest BCUT2D eigenvalue weighted by atomic mass is 16.3. The van der Waals surface area contributed by atoms with E-state index in [0.717, 1.165) is 4.90 Å². The fourth-order valence-corrected chi connectivity index (χ4v) is 2.40. The highest BCUT2D eigenvalue weighted by Crippen LogP contribution is 1.92. The van der Waals surface area contributed by atoms with E-state index >= 15 is 0 Å². The SMILES string of the molecule is C=CCN(CC=C)C(=O)C[NH+](CCCO)CC(=O)N(CC=C)CC=C. The van der Waals surface area contributed by atoms with Crippen molar-refractivity contribution in [3.63, 3.8) is 0 Å². The standard InChI is InChI=1S/C19H31N3O3/c1-5-10-21(11-6-2)18(24)16-20(14-9-15-23)17-19(25)22(12-7-3)13-8-4/h5-8,23H,1-4,9-17H2/p+1. The third-order valence-electron chi connectivity index (χ3n) is 3.59. The Morgan fingerprint density at radius 1 is 0.800 bits per heavy atom. The number of rotatable bonds is 15. The summed E-state index contributed by atoms with van der Waals surface area (Å²) in [6, 6.07) is 0. The molecule has 0 atom stereocenters. The minimum absolute atomic E-state index is 0.0257. The second kappa shape index (κ2) is 14.2. The molecular weight excluding hydrogens is 318 g/mol. The summed E-state index contributed by atoms with van der Waals surface area (Å²) in [5.41, 5.74) is 0. The van der Waals surface area contributed by atoms with Crippen LogP contribution in [0.2, 0.25) is 0 Å². The van der Waals surface area contributed by atoms with Crippen molar-refractivity contribution in [2.24, 2.45) is 0 Å². The van der Waals surface area contributed by atoms with Gasteiger partial charge in [0.1, 0.15) is 0 Å². The Morgan fingerprint density at radius 2 is 1.16 bits per heavy atom. The second-order valence-electron chi connectivity index (χ2n) is 5.68. The van der Waals surface area contributed by atoms with Gasteiger partial charge in [-0.05, 0) is 0 Å². The third-order valence-corrected chi connectivity index (χ3v) is 3.59. The first kappa shape index (κ1) is 22.8. The van der Waals surface area contributed by atoms with Gasteiger partial charge in [0, 0.05) is 39.2 Å². The van der Waals surface area contributed by atoms with Crippen LogP contribution in [0, 0.1) is 0 Å². The Morgan fingerprint density at radius 3 is 1.44 bits per heavy atom. The highest BCUT2D eigenvalue weighted by molar-refractivity contribution is 5.79.